The molecule has 2 amide bonds. The zero-order chi connectivity index (χ0) is 26.7. The lowest BCUT2D eigenvalue weighted by Crippen LogP contribution is -2.43. The first-order chi connectivity index (χ1) is 17.8. The Kier molecular flexibility index (Phi) is 9.84. The van der Waals surface area contributed by atoms with Gasteiger partial charge in [0.05, 0.1) is 14.2 Å². The summed E-state index contributed by atoms with van der Waals surface area (Å²) in [6.07, 6.45) is -2.14. The van der Waals surface area contributed by atoms with Gasteiger partial charge in [-0.15, -0.1) is 0 Å². The summed E-state index contributed by atoms with van der Waals surface area (Å²) in [5.41, 5.74) is 0.144. The minimum atomic E-state index is -1.61. The van der Waals surface area contributed by atoms with Crippen LogP contribution in [0.25, 0.3) is 0 Å². The van der Waals surface area contributed by atoms with Gasteiger partial charge in [0.25, 0.3) is 0 Å². The lowest BCUT2D eigenvalue weighted by atomic mass is 9.85. The van der Waals surface area contributed by atoms with Crippen molar-refractivity contribution in [2.45, 2.75) is 11.7 Å². The summed E-state index contributed by atoms with van der Waals surface area (Å²) in [6, 6.07) is 22.5. The number of anilines is 2. The van der Waals surface area contributed by atoms with E-state index in [1.165, 1.54) is 14.2 Å². The summed E-state index contributed by atoms with van der Waals surface area (Å²) in [7, 11) is 2.51. The van der Waals surface area contributed by atoms with Gasteiger partial charge in [0, 0.05) is 24.5 Å². The third-order valence-corrected chi connectivity index (χ3v) is 5.49. The average Bonchev–Trinajstić information content (AvgIpc) is 2.92. The fourth-order valence-corrected chi connectivity index (χ4v) is 3.60. The van der Waals surface area contributed by atoms with Crippen LogP contribution in [0.15, 0.2) is 78.9 Å². The quantitative estimate of drug-likeness (QED) is 0.265. The molecular formula is C27H31N3O7. The smallest absolute Gasteiger partial charge is 0.411 e. The van der Waals surface area contributed by atoms with Gasteiger partial charge in [0.1, 0.15) is 24.1 Å². The highest BCUT2D eigenvalue weighted by atomic mass is 16.5. The summed E-state index contributed by atoms with van der Waals surface area (Å²) in [5.74, 6) is 0.642. The molecule has 0 saturated carbocycles. The highest BCUT2D eigenvalue weighted by molar-refractivity contribution is 5.85. The molecule has 0 radical (unpaired) electrons. The summed E-state index contributed by atoms with van der Waals surface area (Å²) in [6.45, 7) is 0.195. The zero-order valence-electron chi connectivity index (χ0n) is 20.6. The molecule has 5 N–H and O–H groups in total. The molecule has 0 aliphatic rings. The van der Waals surface area contributed by atoms with Crippen molar-refractivity contribution in [1.29, 1.82) is 0 Å². The van der Waals surface area contributed by atoms with Crippen molar-refractivity contribution in [3.05, 3.63) is 90.0 Å². The number of aliphatic hydroxyl groups excluding tert-OH is 1. The van der Waals surface area contributed by atoms with Gasteiger partial charge in [-0.2, -0.15) is 0 Å². The molecule has 3 aromatic carbocycles. The summed E-state index contributed by atoms with van der Waals surface area (Å²) < 4.78 is 14.9. The van der Waals surface area contributed by atoms with E-state index >= 15 is 0 Å². The number of methoxy groups -OCH3 is 2. The number of para-hydroxylation sites is 1. The lowest BCUT2D eigenvalue weighted by molar-refractivity contribution is 0.0664. The summed E-state index contributed by atoms with van der Waals surface area (Å²) >= 11 is 0. The van der Waals surface area contributed by atoms with Crippen LogP contribution in [0.1, 0.15) is 11.1 Å². The standard InChI is InChI=1S/C27H31N3O7/c1-35-25(32)29-21-10-6-8-19(14-21)27(34,20-9-7-11-22(15-20)30-26(33)36-2)18-28-16-23(31)17-37-24-12-4-3-5-13-24/h3-15,23,28,31,34H,16-18H2,1-2H3,(H,29,32)(H,30,33)/t23-/m0/s1. The Labute approximate surface area is 215 Å². The Morgan fingerprint density at radius 2 is 1.38 bits per heavy atom. The van der Waals surface area contributed by atoms with Gasteiger partial charge in [-0.25, -0.2) is 9.59 Å². The Hall–Kier alpha value is -4.12. The van der Waals surface area contributed by atoms with Crippen LogP contribution in [0.3, 0.4) is 0 Å². The van der Waals surface area contributed by atoms with Crippen molar-refractivity contribution in [1.82, 2.24) is 5.32 Å². The van der Waals surface area contributed by atoms with Gasteiger partial charge in [-0.1, -0.05) is 42.5 Å². The van der Waals surface area contributed by atoms with Crippen molar-refractivity contribution >= 4 is 23.6 Å². The maximum Gasteiger partial charge on any atom is 0.411 e. The highest BCUT2D eigenvalue weighted by Gasteiger charge is 2.32. The highest BCUT2D eigenvalue weighted by Crippen LogP contribution is 2.32. The number of nitrogens with one attached hydrogen (secondary N) is 3. The average molecular weight is 510 g/mol. The van der Waals surface area contributed by atoms with E-state index in [0.717, 1.165) is 0 Å². The van der Waals surface area contributed by atoms with Crippen molar-refractivity contribution < 1.29 is 34.0 Å². The molecule has 37 heavy (non-hydrogen) atoms. The van der Waals surface area contributed by atoms with Gasteiger partial charge in [-0.05, 0) is 47.5 Å². The van der Waals surface area contributed by atoms with E-state index in [2.05, 4.69) is 25.4 Å². The lowest BCUT2D eigenvalue weighted by Gasteiger charge is -2.31. The minimum Gasteiger partial charge on any atom is -0.491 e. The van der Waals surface area contributed by atoms with E-state index in [-0.39, 0.29) is 19.7 Å². The monoisotopic (exact) mass is 509 g/mol. The number of amides is 2. The normalized spacial score (nSPS) is 11.8. The van der Waals surface area contributed by atoms with Crippen molar-refractivity contribution in [3.8, 4) is 5.75 Å². The SMILES string of the molecule is COC(=O)Nc1cccc(C(O)(CNC[C@H](O)COc2ccccc2)c2cccc(NC(=O)OC)c2)c1. The number of carbonyl (C=O) groups excluding carboxylic acids is 2. The molecule has 0 spiro atoms. The number of ether oxygens (including phenoxy) is 3. The van der Waals surface area contributed by atoms with E-state index in [0.29, 0.717) is 28.3 Å². The molecule has 0 aromatic heterocycles. The van der Waals surface area contributed by atoms with Gasteiger partial charge < -0.3 is 29.7 Å². The topological polar surface area (TPSA) is 138 Å². The molecule has 0 bridgehead atoms. The molecule has 0 aliphatic heterocycles. The second-order valence-electron chi connectivity index (χ2n) is 8.16. The largest absolute Gasteiger partial charge is 0.491 e. The number of rotatable bonds is 11. The molecule has 0 aliphatic carbocycles. The summed E-state index contributed by atoms with van der Waals surface area (Å²) in [4.78, 5) is 23.4. The molecule has 0 saturated heterocycles. The Morgan fingerprint density at radius 1 is 0.838 bits per heavy atom. The molecule has 1 atom stereocenters. The van der Waals surface area contributed by atoms with Crippen LogP contribution in [-0.2, 0) is 15.1 Å². The minimum absolute atomic E-state index is 0.00124. The van der Waals surface area contributed by atoms with Crippen LogP contribution >= 0.6 is 0 Å². The fourth-order valence-electron chi connectivity index (χ4n) is 3.60. The van der Waals surface area contributed by atoms with E-state index in [9.17, 15) is 19.8 Å². The predicted molar refractivity (Wildman–Crippen MR) is 139 cm³/mol. The van der Waals surface area contributed by atoms with Crippen molar-refractivity contribution in [2.75, 3.05) is 44.5 Å². The maximum atomic E-state index is 11.9. The predicted octanol–water partition coefficient (Wildman–Crippen LogP) is 3.31. The van der Waals surface area contributed by atoms with E-state index in [4.69, 9.17) is 4.74 Å². The van der Waals surface area contributed by atoms with Gasteiger partial charge in [-0.3, -0.25) is 10.6 Å². The first kappa shape index (κ1) is 27.5. The van der Waals surface area contributed by atoms with E-state index in [1.807, 2.05) is 18.2 Å². The zero-order valence-corrected chi connectivity index (χ0v) is 20.6. The fraction of sp³-hybridized carbons (Fsp3) is 0.259. The van der Waals surface area contributed by atoms with Gasteiger partial charge in [0.15, 0.2) is 0 Å². The molecule has 10 nitrogen and oxygen atoms in total. The van der Waals surface area contributed by atoms with Crippen molar-refractivity contribution in [2.24, 2.45) is 0 Å². The van der Waals surface area contributed by atoms with E-state index < -0.39 is 23.9 Å². The second-order valence-corrected chi connectivity index (χ2v) is 8.16. The number of hydrogen-bond acceptors (Lipinski definition) is 8. The van der Waals surface area contributed by atoms with Gasteiger partial charge in [0.2, 0.25) is 0 Å². The molecular weight excluding hydrogens is 478 g/mol. The van der Waals surface area contributed by atoms with E-state index in [1.54, 1.807) is 60.7 Å². The Morgan fingerprint density at radius 3 is 1.89 bits per heavy atom. The second kappa shape index (κ2) is 13.3. The molecule has 0 heterocycles. The maximum absolute atomic E-state index is 11.9. The molecule has 3 rings (SSSR count). The Balaban J connectivity index is 1.80. The summed E-state index contributed by atoms with van der Waals surface area (Å²) in [5, 5.41) is 30.6. The Bertz CT molecular complexity index is 1110. The number of benzene rings is 3. The third-order valence-electron chi connectivity index (χ3n) is 5.49. The number of carbonyl (C=O) groups is 2. The third kappa shape index (κ3) is 7.94. The number of hydrogen-bond donors (Lipinski definition) is 5. The first-order valence-electron chi connectivity index (χ1n) is 11.5. The molecule has 0 unspecified atom stereocenters. The molecule has 3 aromatic rings. The van der Waals surface area contributed by atoms with Crippen molar-refractivity contribution in [3.63, 3.8) is 0 Å². The van der Waals surface area contributed by atoms with Crippen LogP contribution in [0.5, 0.6) is 5.75 Å². The van der Waals surface area contributed by atoms with Crippen LogP contribution in [0.2, 0.25) is 0 Å². The van der Waals surface area contributed by atoms with Gasteiger partial charge >= 0.3 is 12.2 Å². The first-order valence-corrected chi connectivity index (χ1v) is 11.5. The van der Waals surface area contributed by atoms with Crippen LogP contribution in [-0.4, -0.2) is 62.4 Å². The molecule has 10 heteroatoms. The van der Waals surface area contributed by atoms with Crippen LogP contribution in [0, 0.1) is 0 Å². The molecule has 196 valence electrons. The van der Waals surface area contributed by atoms with Crippen LogP contribution in [0.4, 0.5) is 21.0 Å². The molecule has 0 fully saturated rings. The number of aliphatic hydroxyl groups is 2. The van der Waals surface area contributed by atoms with Crippen LogP contribution < -0.4 is 20.7 Å².